The first-order valence-corrected chi connectivity index (χ1v) is 9.45. The van der Waals surface area contributed by atoms with Crippen molar-refractivity contribution in [1.29, 1.82) is 0 Å². The summed E-state index contributed by atoms with van der Waals surface area (Å²) in [5, 5.41) is 3.07. The maximum atomic E-state index is 13.2. The number of sulfonamides is 1. The molecule has 1 atom stereocenters. The molecule has 0 aromatic heterocycles. The fourth-order valence-corrected chi connectivity index (χ4v) is 4.41. The van der Waals surface area contributed by atoms with Crippen LogP contribution in [-0.2, 0) is 15.6 Å². The molecule has 0 bridgehead atoms. The second kappa shape index (κ2) is 7.10. The summed E-state index contributed by atoms with van der Waals surface area (Å²) in [6.45, 7) is 0.853. The molecule has 1 saturated heterocycles. The van der Waals surface area contributed by atoms with Crippen LogP contribution in [0, 0.1) is 5.82 Å². The summed E-state index contributed by atoms with van der Waals surface area (Å²) in [6.07, 6.45) is -4.42. The van der Waals surface area contributed by atoms with Crippen molar-refractivity contribution >= 4 is 10.0 Å². The Bertz CT molecular complexity index is 891. The molecule has 27 heavy (non-hydrogen) atoms. The Morgan fingerprint density at radius 2 is 1.67 bits per heavy atom. The highest BCUT2D eigenvalue weighted by atomic mass is 32.2. The SMILES string of the molecule is O=S(=O)(N[C@@]1(c2ccc(F)cc2)CCNC1)c1ccc(OC(F)(F)F)cc1. The zero-order valence-corrected chi connectivity index (χ0v) is 14.7. The molecular formula is C17H16F4N2O3S. The fourth-order valence-electron chi connectivity index (χ4n) is 2.99. The minimum absolute atomic E-state index is 0.203. The largest absolute Gasteiger partial charge is 0.573 e. The smallest absolute Gasteiger partial charge is 0.406 e. The highest BCUT2D eigenvalue weighted by Gasteiger charge is 2.39. The van der Waals surface area contributed by atoms with Crippen molar-refractivity contribution in [2.75, 3.05) is 13.1 Å². The van der Waals surface area contributed by atoms with E-state index in [0.29, 0.717) is 25.1 Å². The average molecular weight is 404 g/mol. The number of rotatable bonds is 5. The highest BCUT2D eigenvalue weighted by molar-refractivity contribution is 7.89. The minimum Gasteiger partial charge on any atom is -0.406 e. The van der Waals surface area contributed by atoms with Gasteiger partial charge in [-0.1, -0.05) is 12.1 Å². The van der Waals surface area contributed by atoms with Gasteiger partial charge >= 0.3 is 6.36 Å². The van der Waals surface area contributed by atoms with Crippen molar-refractivity contribution in [2.24, 2.45) is 0 Å². The van der Waals surface area contributed by atoms with Crippen molar-refractivity contribution in [3.05, 3.63) is 59.9 Å². The number of halogens is 4. The number of benzene rings is 2. The molecule has 0 amide bonds. The molecule has 0 unspecified atom stereocenters. The van der Waals surface area contributed by atoms with E-state index in [4.69, 9.17) is 0 Å². The maximum absolute atomic E-state index is 13.2. The Kier molecular flexibility index (Phi) is 5.15. The van der Waals surface area contributed by atoms with Gasteiger partial charge in [0.15, 0.2) is 0 Å². The molecule has 2 N–H and O–H groups in total. The lowest BCUT2D eigenvalue weighted by molar-refractivity contribution is -0.274. The molecule has 0 saturated carbocycles. The van der Waals surface area contributed by atoms with E-state index in [1.807, 2.05) is 0 Å². The van der Waals surface area contributed by atoms with Crippen LogP contribution in [0.15, 0.2) is 53.4 Å². The average Bonchev–Trinajstić information content (AvgIpc) is 3.03. The topological polar surface area (TPSA) is 67.4 Å². The number of alkyl halides is 3. The van der Waals surface area contributed by atoms with Crippen LogP contribution >= 0.6 is 0 Å². The molecule has 3 rings (SSSR count). The molecular weight excluding hydrogens is 388 g/mol. The second-order valence-corrected chi connectivity index (χ2v) is 7.82. The molecule has 1 aliphatic heterocycles. The van der Waals surface area contributed by atoms with Crippen molar-refractivity contribution in [3.8, 4) is 5.75 Å². The summed E-state index contributed by atoms with van der Waals surface area (Å²) in [7, 11) is -4.04. The van der Waals surface area contributed by atoms with Gasteiger partial charge < -0.3 is 10.1 Å². The predicted octanol–water partition coefficient (Wildman–Crippen LogP) is 2.89. The molecule has 1 aliphatic rings. The standard InChI is InChI=1S/C17H16F4N2O3S/c18-13-3-1-12(2-4-13)16(9-10-22-11-16)23-27(24,25)15-7-5-14(6-8-15)26-17(19,20)21/h1-8,22-23H,9-11H2/t16-/m0/s1. The minimum atomic E-state index is -4.86. The van der Waals surface area contributed by atoms with Gasteiger partial charge in [-0.3, -0.25) is 0 Å². The fraction of sp³-hybridized carbons (Fsp3) is 0.294. The van der Waals surface area contributed by atoms with E-state index in [1.165, 1.54) is 24.3 Å². The van der Waals surface area contributed by atoms with Gasteiger partial charge in [0, 0.05) is 6.54 Å². The van der Waals surface area contributed by atoms with Gasteiger partial charge in [0.1, 0.15) is 11.6 Å². The van der Waals surface area contributed by atoms with E-state index in [0.717, 1.165) is 24.3 Å². The summed E-state index contributed by atoms with van der Waals surface area (Å²) in [5.41, 5.74) is -0.386. The second-order valence-electron chi connectivity index (χ2n) is 6.14. The molecule has 2 aromatic carbocycles. The lowest BCUT2D eigenvalue weighted by Crippen LogP contribution is -2.47. The zero-order valence-electron chi connectivity index (χ0n) is 13.9. The third-order valence-corrected chi connectivity index (χ3v) is 5.80. The molecule has 0 spiro atoms. The molecule has 0 radical (unpaired) electrons. The van der Waals surface area contributed by atoms with Crippen LogP contribution in [0.3, 0.4) is 0 Å². The molecule has 0 aliphatic carbocycles. The van der Waals surface area contributed by atoms with Gasteiger partial charge in [-0.15, -0.1) is 13.2 Å². The number of hydrogen-bond donors (Lipinski definition) is 2. The van der Waals surface area contributed by atoms with Crippen molar-refractivity contribution in [3.63, 3.8) is 0 Å². The van der Waals surface area contributed by atoms with Gasteiger partial charge in [-0.05, 0) is 54.9 Å². The van der Waals surface area contributed by atoms with Crippen LogP contribution in [0.2, 0.25) is 0 Å². The number of nitrogens with one attached hydrogen (secondary N) is 2. The summed E-state index contributed by atoms with van der Waals surface area (Å²) in [5.74, 6) is -0.958. The van der Waals surface area contributed by atoms with E-state index in [2.05, 4.69) is 14.8 Å². The monoisotopic (exact) mass is 404 g/mol. The van der Waals surface area contributed by atoms with Crippen LogP contribution in [0.1, 0.15) is 12.0 Å². The third-order valence-electron chi connectivity index (χ3n) is 4.25. The van der Waals surface area contributed by atoms with Crippen molar-refractivity contribution < 1.29 is 30.7 Å². The van der Waals surface area contributed by atoms with E-state index in [-0.39, 0.29) is 4.90 Å². The van der Waals surface area contributed by atoms with E-state index in [1.54, 1.807) is 0 Å². The van der Waals surface area contributed by atoms with E-state index >= 15 is 0 Å². The van der Waals surface area contributed by atoms with Gasteiger partial charge in [0.05, 0.1) is 10.4 Å². The first-order chi connectivity index (χ1) is 12.6. The van der Waals surface area contributed by atoms with Gasteiger partial charge in [0.25, 0.3) is 0 Å². The summed E-state index contributed by atoms with van der Waals surface area (Å²) < 4.78 is 81.8. The molecule has 146 valence electrons. The molecule has 1 heterocycles. The Hall–Kier alpha value is -2.17. The van der Waals surface area contributed by atoms with Crippen molar-refractivity contribution in [1.82, 2.24) is 10.0 Å². The maximum Gasteiger partial charge on any atom is 0.573 e. The molecule has 5 nitrogen and oxygen atoms in total. The molecule has 2 aromatic rings. The summed E-state index contributed by atoms with van der Waals surface area (Å²) in [6, 6.07) is 9.42. The number of ether oxygens (including phenoxy) is 1. The highest BCUT2D eigenvalue weighted by Crippen LogP contribution is 2.31. The van der Waals surface area contributed by atoms with Gasteiger partial charge in [-0.2, -0.15) is 4.72 Å². The van der Waals surface area contributed by atoms with E-state index in [9.17, 15) is 26.0 Å². The summed E-state index contributed by atoms with van der Waals surface area (Å²) >= 11 is 0. The Balaban J connectivity index is 1.86. The van der Waals surface area contributed by atoms with Crippen molar-refractivity contribution in [2.45, 2.75) is 23.2 Å². The Labute approximate surface area is 153 Å². The molecule has 10 heteroatoms. The van der Waals surface area contributed by atoms with Crippen LogP contribution in [0.5, 0.6) is 5.75 Å². The Morgan fingerprint density at radius 3 is 2.19 bits per heavy atom. The van der Waals surface area contributed by atoms with Gasteiger partial charge in [0.2, 0.25) is 10.0 Å². The van der Waals surface area contributed by atoms with Crippen LogP contribution in [0.4, 0.5) is 17.6 Å². The first-order valence-electron chi connectivity index (χ1n) is 7.96. The number of hydrogen-bond acceptors (Lipinski definition) is 4. The van der Waals surface area contributed by atoms with E-state index < -0.39 is 33.5 Å². The summed E-state index contributed by atoms with van der Waals surface area (Å²) in [4.78, 5) is -0.203. The predicted molar refractivity (Wildman–Crippen MR) is 89.0 cm³/mol. The quantitative estimate of drug-likeness (QED) is 0.753. The van der Waals surface area contributed by atoms with Gasteiger partial charge in [-0.25, -0.2) is 12.8 Å². The molecule has 1 fully saturated rings. The van der Waals surface area contributed by atoms with Crippen LogP contribution in [0.25, 0.3) is 0 Å². The zero-order chi connectivity index (χ0) is 19.7. The Morgan fingerprint density at radius 1 is 1.04 bits per heavy atom. The first kappa shape index (κ1) is 19.6. The lowest BCUT2D eigenvalue weighted by Gasteiger charge is -2.30. The third kappa shape index (κ3) is 4.57. The normalized spacial score (nSPS) is 20.6. The van der Waals surface area contributed by atoms with Crippen LogP contribution in [-0.4, -0.2) is 27.9 Å². The van der Waals surface area contributed by atoms with Crippen LogP contribution < -0.4 is 14.8 Å². The lowest BCUT2D eigenvalue weighted by atomic mass is 9.90.